The predicted octanol–water partition coefficient (Wildman–Crippen LogP) is 1.14. The van der Waals surface area contributed by atoms with E-state index in [-0.39, 0.29) is 12.5 Å². The number of nitrogens with zero attached hydrogens (tertiary/aromatic N) is 2. The molecule has 106 valence electrons. The molecule has 1 heterocycles. The molecule has 1 amide bonds. The lowest BCUT2D eigenvalue weighted by Crippen LogP contribution is -2.23. The van der Waals surface area contributed by atoms with E-state index in [1.807, 2.05) is 6.92 Å². The van der Waals surface area contributed by atoms with E-state index in [9.17, 15) is 4.79 Å². The van der Waals surface area contributed by atoms with Gasteiger partial charge in [0, 0.05) is 5.56 Å². The minimum atomic E-state index is -0.218. The van der Waals surface area contributed by atoms with E-state index in [4.69, 9.17) is 9.47 Å². The van der Waals surface area contributed by atoms with Gasteiger partial charge in [0.1, 0.15) is 12.2 Å². The second kappa shape index (κ2) is 6.55. The van der Waals surface area contributed by atoms with Crippen LogP contribution in [0.3, 0.4) is 0 Å². The summed E-state index contributed by atoms with van der Waals surface area (Å²) in [5.41, 5.74) is 0.494. The summed E-state index contributed by atoms with van der Waals surface area (Å²) in [5.74, 6) is 1.52. The van der Waals surface area contributed by atoms with E-state index < -0.39 is 0 Å². The molecule has 0 radical (unpaired) electrons. The van der Waals surface area contributed by atoms with Crippen molar-refractivity contribution < 1.29 is 14.3 Å². The van der Waals surface area contributed by atoms with Gasteiger partial charge >= 0.3 is 0 Å². The first-order valence-corrected chi connectivity index (χ1v) is 6.18. The normalized spacial score (nSPS) is 10.1. The number of H-pyrrole nitrogens is 1. The van der Waals surface area contributed by atoms with Crippen molar-refractivity contribution in [3.8, 4) is 11.5 Å². The summed E-state index contributed by atoms with van der Waals surface area (Å²) < 4.78 is 10.6. The molecule has 0 saturated heterocycles. The Labute approximate surface area is 116 Å². The van der Waals surface area contributed by atoms with Crippen LogP contribution in [-0.2, 0) is 6.54 Å². The van der Waals surface area contributed by atoms with Crippen molar-refractivity contribution in [1.29, 1.82) is 0 Å². The number of aromatic nitrogens is 3. The monoisotopic (exact) mass is 276 g/mol. The maximum Gasteiger partial charge on any atom is 0.251 e. The lowest BCUT2D eigenvalue weighted by atomic mass is 10.2. The maximum absolute atomic E-state index is 12.0. The molecule has 0 atom stereocenters. The highest BCUT2D eigenvalue weighted by Gasteiger charge is 2.11. The molecule has 0 aliphatic heterocycles. The molecule has 0 unspecified atom stereocenters. The molecule has 1 aromatic carbocycles. The summed E-state index contributed by atoms with van der Waals surface area (Å²) in [6.07, 6.45) is 1.39. The molecule has 2 aromatic rings. The lowest BCUT2D eigenvalue weighted by Gasteiger charge is -2.11. The van der Waals surface area contributed by atoms with Gasteiger partial charge in [-0.15, -0.1) is 0 Å². The van der Waals surface area contributed by atoms with Gasteiger partial charge in [0.25, 0.3) is 5.91 Å². The minimum absolute atomic E-state index is 0.218. The molecule has 0 spiro atoms. The van der Waals surface area contributed by atoms with E-state index in [2.05, 4.69) is 20.5 Å². The van der Waals surface area contributed by atoms with Gasteiger partial charge in [0.05, 0.1) is 20.3 Å². The molecule has 0 fully saturated rings. The van der Waals surface area contributed by atoms with Crippen molar-refractivity contribution in [2.24, 2.45) is 0 Å². The van der Waals surface area contributed by atoms with E-state index >= 15 is 0 Å². The Morgan fingerprint density at radius 1 is 1.40 bits per heavy atom. The fourth-order valence-corrected chi connectivity index (χ4v) is 1.67. The molecular weight excluding hydrogens is 260 g/mol. The SMILES string of the molecule is CCOc1cc(C(=O)NCc2ncn[nH]2)ccc1OC. The standard InChI is InChI=1S/C13H16N4O3/c1-3-20-11-6-9(4-5-10(11)19-2)13(18)14-7-12-15-8-16-17-12/h4-6,8H,3,7H2,1-2H3,(H,14,18)(H,15,16,17). The fourth-order valence-electron chi connectivity index (χ4n) is 1.67. The zero-order valence-corrected chi connectivity index (χ0v) is 11.3. The van der Waals surface area contributed by atoms with Crippen LogP contribution in [0.5, 0.6) is 11.5 Å². The summed E-state index contributed by atoms with van der Waals surface area (Å²) in [6, 6.07) is 5.03. The van der Waals surface area contributed by atoms with Crippen LogP contribution < -0.4 is 14.8 Å². The molecule has 20 heavy (non-hydrogen) atoms. The summed E-state index contributed by atoms with van der Waals surface area (Å²) in [5, 5.41) is 9.12. The Morgan fingerprint density at radius 2 is 2.25 bits per heavy atom. The maximum atomic E-state index is 12.0. The summed E-state index contributed by atoms with van der Waals surface area (Å²) >= 11 is 0. The second-order valence-corrected chi connectivity index (χ2v) is 3.91. The topological polar surface area (TPSA) is 89.1 Å². The first-order valence-electron chi connectivity index (χ1n) is 6.18. The van der Waals surface area contributed by atoms with Crippen LogP contribution in [0.1, 0.15) is 23.1 Å². The van der Waals surface area contributed by atoms with Gasteiger partial charge in [-0.1, -0.05) is 0 Å². The van der Waals surface area contributed by atoms with Gasteiger partial charge in [-0.25, -0.2) is 4.98 Å². The lowest BCUT2D eigenvalue weighted by molar-refractivity contribution is 0.0949. The largest absolute Gasteiger partial charge is 0.493 e. The number of nitrogens with one attached hydrogen (secondary N) is 2. The minimum Gasteiger partial charge on any atom is -0.493 e. The van der Waals surface area contributed by atoms with Crippen LogP contribution in [0.2, 0.25) is 0 Å². The zero-order valence-electron chi connectivity index (χ0n) is 11.3. The number of hydrogen-bond acceptors (Lipinski definition) is 5. The Kier molecular flexibility index (Phi) is 4.54. The number of carbonyl (C=O) groups is 1. The highest BCUT2D eigenvalue weighted by Crippen LogP contribution is 2.27. The molecule has 2 rings (SSSR count). The third-order valence-electron chi connectivity index (χ3n) is 2.61. The van der Waals surface area contributed by atoms with Gasteiger partial charge in [-0.3, -0.25) is 9.89 Å². The molecule has 0 aliphatic carbocycles. The number of hydrogen-bond donors (Lipinski definition) is 2. The van der Waals surface area contributed by atoms with Gasteiger partial charge in [-0.2, -0.15) is 5.10 Å². The molecular formula is C13H16N4O3. The first-order chi connectivity index (χ1) is 9.74. The average Bonchev–Trinajstić information content (AvgIpc) is 2.98. The van der Waals surface area contributed by atoms with Crippen molar-refractivity contribution >= 4 is 5.91 Å². The summed E-state index contributed by atoms with van der Waals surface area (Å²) in [6.45, 7) is 2.66. The third kappa shape index (κ3) is 3.25. The molecule has 0 aliphatic rings. The van der Waals surface area contributed by atoms with Crippen molar-refractivity contribution in [2.75, 3.05) is 13.7 Å². The van der Waals surface area contributed by atoms with Gasteiger partial charge < -0.3 is 14.8 Å². The molecule has 7 heteroatoms. The number of ether oxygens (including phenoxy) is 2. The summed E-state index contributed by atoms with van der Waals surface area (Å²) in [7, 11) is 1.56. The third-order valence-corrected chi connectivity index (χ3v) is 2.61. The van der Waals surface area contributed by atoms with Crippen molar-refractivity contribution in [2.45, 2.75) is 13.5 Å². The average molecular weight is 276 g/mol. The molecule has 7 nitrogen and oxygen atoms in total. The molecule has 0 bridgehead atoms. The van der Waals surface area contributed by atoms with Crippen LogP contribution in [0, 0.1) is 0 Å². The van der Waals surface area contributed by atoms with Crippen molar-refractivity contribution in [3.05, 3.63) is 35.9 Å². The highest BCUT2D eigenvalue weighted by atomic mass is 16.5. The Morgan fingerprint density at radius 3 is 2.90 bits per heavy atom. The van der Waals surface area contributed by atoms with Crippen LogP contribution in [0.25, 0.3) is 0 Å². The van der Waals surface area contributed by atoms with Gasteiger partial charge in [-0.05, 0) is 25.1 Å². The van der Waals surface area contributed by atoms with Crippen molar-refractivity contribution in [1.82, 2.24) is 20.5 Å². The zero-order chi connectivity index (χ0) is 14.4. The van der Waals surface area contributed by atoms with Gasteiger partial charge in [0.2, 0.25) is 0 Å². The van der Waals surface area contributed by atoms with Crippen LogP contribution in [-0.4, -0.2) is 34.8 Å². The number of amides is 1. The quantitative estimate of drug-likeness (QED) is 0.826. The highest BCUT2D eigenvalue weighted by molar-refractivity contribution is 5.94. The van der Waals surface area contributed by atoms with Gasteiger partial charge in [0.15, 0.2) is 11.5 Å². The second-order valence-electron chi connectivity index (χ2n) is 3.91. The Hall–Kier alpha value is -2.57. The number of benzene rings is 1. The van der Waals surface area contributed by atoms with Crippen LogP contribution in [0.15, 0.2) is 24.5 Å². The number of aromatic amines is 1. The van der Waals surface area contributed by atoms with Crippen LogP contribution >= 0.6 is 0 Å². The Bertz CT molecular complexity index is 569. The van der Waals surface area contributed by atoms with Crippen molar-refractivity contribution in [3.63, 3.8) is 0 Å². The number of rotatable bonds is 6. The first kappa shape index (κ1) is 13.9. The van der Waals surface area contributed by atoms with E-state index in [0.29, 0.717) is 29.5 Å². The Balaban J connectivity index is 2.07. The molecule has 1 aromatic heterocycles. The summed E-state index contributed by atoms with van der Waals surface area (Å²) in [4.78, 5) is 16.0. The van der Waals surface area contributed by atoms with E-state index in [1.165, 1.54) is 6.33 Å². The van der Waals surface area contributed by atoms with E-state index in [0.717, 1.165) is 0 Å². The molecule has 2 N–H and O–H groups in total. The predicted molar refractivity (Wildman–Crippen MR) is 71.7 cm³/mol. The number of carbonyl (C=O) groups excluding carboxylic acids is 1. The number of methoxy groups -OCH3 is 1. The molecule has 0 saturated carbocycles. The van der Waals surface area contributed by atoms with Crippen LogP contribution in [0.4, 0.5) is 0 Å². The van der Waals surface area contributed by atoms with E-state index in [1.54, 1.807) is 25.3 Å². The fraction of sp³-hybridized carbons (Fsp3) is 0.308. The smallest absolute Gasteiger partial charge is 0.251 e.